The number of hydrogen-bond acceptors (Lipinski definition) is 1. The summed E-state index contributed by atoms with van der Waals surface area (Å²) in [5, 5.41) is -0.528. The summed E-state index contributed by atoms with van der Waals surface area (Å²) in [6, 6.07) is 2.88. The van der Waals surface area contributed by atoms with E-state index in [1.807, 2.05) is 0 Å². The van der Waals surface area contributed by atoms with Gasteiger partial charge in [0.05, 0.1) is 16.1 Å². The molecule has 1 aliphatic rings. The van der Waals surface area contributed by atoms with Crippen molar-refractivity contribution >= 4 is 11.6 Å². The van der Waals surface area contributed by atoms with Gasteiger partial charge in [-0.15, -0.1) is 0 Å². The molecule has 18 heavy (non-hydrogen) atoms. The van der Waals surface area contributed by atoms with E-state index >= 15 is 0 Å². The maximum atomic E-state index is 12.8. The van der Waals surface area contributed by atoms with E-state index in [1.54, 1.807) is 0 Å². The number of hydrogen-bond donors (Lipinski definition) is 1. The Kier molecular flexibility index (Phi) is 2.86. The Hall–Kier alpha value is -0.880. The summed E-state index contributed by atoms with van der Waals surface area (Å²) in [5.41, 5.74) is 3.62. The van der Waals surface area contributed by atoms with Gasteiger partial charge in [-0.2, -0.15) is 13.2 Å². The van der Waals surface area contributed by atoms with E-state index in [1.165, 1.54) is 0 Å². The summed E-state index contributed by atoms with van der Waals surface area (Å²) >= 11 is 5.51. The zero-order valence-corrected chi connectivity index (χ0v) is 9.75. The van der Waals surface area contributed by atoms with Crippen LogP contribution in [0.25, 0.3) is 0 Å². The summed E-state index contributed by atoms with van der Waals surface area (Å²) in [7, 11) is 0. The lowest BCUT2D eigenvalue weighted by Crippen LogP contribution is -2.55. The van der Waals surface area contributed by atoms with Crippen LogP contribution in [0.2, 0.25) is 5.02 Å². The second kappa shape index (κ2) is 3.81. The second-order valence-electron chi connectivity index (χ2n) is 4.56. The van der Waals surface area contributed by atoms with Gasteiger partial charge in [0.1, 0.15) is 0 Å². The Balaban J connectivity index is 2.31. The van der Waals surface area contributed by atoms with Crippen molar-refractivity contribution in [2.45, 2.75) is 30.5 Å². The molecule has 2 N–H and O–H groups in total. The minimum absolute atomic E-state index is 0.200. The van der Waals surface area contributed by atoms with Gasteiger partial charge < -0.3 is 5.73 Å². The molecule has 0 unspecified atom stereocenters. The normalized spacial score (nSPS) is 21.5. The number of rotatable bonds is 1. The molecule has 1 saturated carbocycles. The third-order valence-electron chi connectivity index (χ3n) is 3.00. The van der Waals surface area contributed by atoms with Gasteiger partial charge in [-0.1, -0.05) is 17.7 Å². The van der Waals surface area contributed by atoms with Gasteiger partial charge in [0.15, 0.2) is 0 Å². The van der Waals surface area contributed by atoms with Crippen molar-refractivity contribution in [3.05, 3.63) is 34.3 Å². The van der Waals surface area contributed by atoms with E-state index in [9.17, 15) is 22.0 Å². The van der Waals surface area contributed by atoms with Gasteiger partial charge in [0.25, 0.3) is 5.92 Å². The van der Waals surface area contributed by atoms with Crippen LogP contribution in [0.15, 0.2) is 18.2 Å². The van der Waals surface area contributed by atoms with E-state index in [-0.39, 0.29) is 5.56 Å². The fourth-order valence-corrected chi connectivity index (χ4v) is 2.42. The summed E-state index contributed by atoms with van der Waals surface area (Å²) in [5.74, 6) is -2.86. The zero-order chi connectivity index (χ0) is 13.8. The first kappa shape index (κ1) is 13.5. The summed E-state index contributed by atoms with van der Waals surface area (Å²) in [6.45, 7) is 0. The van der Waals surface area contributed by atoms with Crippen LogP contribution in [0.1, 0.15) is 24.0 Å². The standard InChI is InChI=1S/C11H9ClF5N/c12-8-3-6(1-2-7(8)11(15,16)17)9(18)4-10(13,14)5-9/h1-3H,4-5,18H2. The SMILES string of the molecule is NC1(c2ccc(C(F)(F)F)c(Cl)c2)CC(F)(F)C1. The van der Waals surface area contributed by atoms with E-state index < -0.39 is 41.1 Å². The molecule has 0 heterocycles. The molecule has 0 saturated heterocycles. The average Bonchev–Trinajstić information content (AvgIpc) is 2.12. The Bertz CT molecular complexity index is 475. The van der Waals surface area contributed by atoms with Crippen LogP contribution in [0.3, 0.4) is 0 Å². The van der Waals surface area contributed by atoms with Crippen LogP contribution in [-0.2, 0) is 11.7 Å². The van der Waals surface area contributed by atoms with Gasteiger partial charge in [-0.05, 0) is 17.7 Å². The molecular weight excluding hydrogens is 277 g/mol. The molecule has 7 heteroatoms. The molecule has 0 bridgehead atoms. The lowest BCUT2D eigenvalue weighted by Gasteiger charge is -2.45. The molecular formula is C11H9ClF5N. The Morgan fingerprint density at radius 2 is 1.72 bits per heavy atom. The number of alkyl halides is 5. The first-order chi connectivity index (χ1) is 8.04. The Morgan fingerprint density at radius 3 is 2.11 bits per heavy atom. The highest BCUT2D eigenvalue weighted by Gasteiger charge is 2.55. The minimum Gasteiger partial charge on any atom is -0.321 e. The predicted molar refractivity (Wildman–Crippen MR) is 56.5 cm³/mol. The molecule has 1 aliphatic carbocycles. The van der Waals surface area contributed by atoms with Crippen LogP contribution in [0.5, 0.6) is 0 Å². The van der Waals surface area contributed by atoms with Gasteiger partial charge in [-0.3, -0.25) is 0 Å². The van der Waals surface area contributed by atoms with Gasteiger partial charge in [0, 0.05) is 12.8 Å². The van der Waals surface area contributed by atoms with Crippen LogP contribution in [-0.4, -0.2) is 5.92 Å². The molecule has 1 aromatic carbocycles. The molecule has 0 atom stereocenters. The van der Waals surface area contributed by atoms with Crippen molar-refractivity contribution in [2.75, 3.05) is 0 Å². The first-order valence-electron chi connectivity index (χ1n) is 5.07. The number of benzene rings is 1. The molecule has 1 aromatic rings. The quantitative estimate of drug-likeness (QED) is 0.777. The Morgan fingerprint density at radius 1 is 1.17 bits per heavy atom. The van der Waals surface area contributed by atoms with Gasteiger partial charge >= 0.3 is 6.18 Å². The molecule has 0 radical (unpaired) electrons. The highest BCUT2D eigenvalue weighted by molar-refractivity contribution is 6.31. The van der Waals surface area contributed by atoms with E-state index in [2.05, 4.69) is 0 Å². The summed E-state index contributed by atoms with van der Waals surface area (Å²) in [4.78, 5) is 0. The van der Waals surface area contributed by atoms with Crippen LogP contribution in [0.4, 0.5) is 22.0 Å². The van der Waals surface area contributed by atoms with Crippen LogP contribution in [0, 0.1) is 0 Å². The van der Waals surface area contributed by atoms with Crippen molar-refractivity contribution in [1.82, 2.24) is 0 Å². The predicted octanol–water partition coefficient (Wildman–Crippen LogP) is 3.94. The lowest BCUT2D eigenvalue weighted by atomic mass is 9.70. The fraction of sp³-hybridized carbons (Fsp3) is 0.455. The molecule has 1 fully saturated rings. The second-order valence-corrected chi connectivity index (χ2v) is 4.97. The third kappa shape index (κ3) is 2.31. The molecule has 100 valence electrons. The van der Waals surface area contributed by atoms with E-state index in [0.29, 0.717) is 0 Å². The van der Waals surface area contributed by atoms with Crippen molar-refractivity contribution in [1.29, 1.82) is 0 Å². The van der Waals surface area contributed by atoms with Crippen molar-refractivity contribution in [3.63, 3.8) is 0 Å². The highest BCUT2D eigenvalue weighted by Crippen LogP contribution is 2.50. The van der Waals surface area contributed by atoms with Crippen LogP contribution < -0.4 is 5.73 Å². The van der Waals surface area contributed by atoms with Crippen molar-refractivity contribution in [2.24, 2.45) is 5.73 Å². The molecule has 0 spiro atoms. The third-order valence-corrected chi connectivity index (χ3v) is 3.31. The van der Waals surface area contributed by atoms with Gasteiger partial charge in [-0.25, -0.2) is 8.78 Å². The largest absolute Gasteiger partial charge is 0.417 e. The van der Waals surface area contributed by atoms with E-state index in [0.717, 1.165) is 18.2 Å². The number of halogens is 6. The molecule has 0 aliphatic heterocycles. The first-order valence-corrected chi connectivity index (χ1v) is 5.45. The zero-order valence-electron chi connectivity index (χ0n) is 8.99. The minimum atomic E-state index is -4.57. The van der Waals surface area contributed by atoms with Crippen LogP contribution >= 0.6 is 11.6 Å². The van der Waals surface area contributed by atoms with Crippen molar-refractivity contribution < 1.29 is 22.0 Å². The van der Waals surface area contributed by atoms with Gasteiger partial charge in [0.2, 0.25) is 0 Å². The summed E-state index contributed by atoms with van der Waals surface area (Å²) in [6.07, 6.45) is -5.73. The highest BCUT2D eigenvalue weighted by atomic mass is 35.5. The number of nitrogens with two attached hydrogens (primary N) is 1. The fourth-order valence-electron chi connectivity index (χ4n) is 2.13. The molecule has 0 aromatic heterocycles. The molecule has 2 rings (SSSR count). The molecule has 0 amide bonds. The summed E-state index contributed by atoms with van der Waals surface area (Å²) < 4.78 is 63.0. The van der Waals surface area contributed by atoms with Crippen molar-refractivity contribution in [3.8, 4) is 0 Å². The topological polar surface area (TPSA) is 26.0 Å². The molecule has 1 nitrogen and oxygen atoms in total. The maximum absolute atomic E-state index is 12.8. The smallest absolute Gasteiger partial charge is 0.321 e. The average molecular weight is 286 g/mol. The lowest BCUT2D eigenvalue weighted by molar-refractivity contribution is -0.138. The maximum Gasteiger partial charge on any atom is 0.417 e. The van der Waals surface area contributed by atoms with E-state index in [4.69, 9.17) is 17.3 Å². The monoisotopic (exact) mass is 285 g/mol. The Labute approximate surface area is 105 Å².